The zero-order chi connectivity index (χ0) is 59.9. The Hall–Kier alpha value is -9.21. The van der Waals surface area contributed by atoms with Gasteiger partial charge in [-0.05, 0) is 120 Å². The second kappa shape index (κ2) is 28.2. The predicted molar refractivity (Wildman–Crippen MR) is 318 cm³/mol. The van der Waals surface area contributed by atoms with Crippen LogP contribution in [0.25, 0.3) is 44.3 Å². The Bertz CT molecular complexity index is 3650. The molecule has 1 saturated heterocycles. The van der Waals surface area contributed by atoms with Crippen LogP contribution in [0.3, 0.4) is 0 Å². The molecule has 4 aromatic heterocycles. The Kier molecular flexibility index (Phi) is 20.4. The number of nitrogens with two attached hydrogens (primary N) is 2. The molecule has 24 heteroatoms. The van der Waals surface area contributed by atoms with Crippen LogP contribution < -0.4 is 37.5 Å². The van der Waals surface area contributed by atoms with Gasteiger partial charge in [-0.1, -0.05) is 45.9 Å². The molecule has 8 rings (SSSR count). The molecule has 1 fully saturated rings. The zero-order valence-corrected chi connectivity index (χ0v) is 47.7. The van der Waals surface area contributed by atoms with Crippen LogP contribution in [-0.4, -0.2) is 110 Å². The van der Waals surface area contributed by atoms with Crippen LogP contribution in [0.5, 0.6) is 5.88 Å². The molecule has 5 heterocycles. The van der Waals surface area contributed by atoms with Gasteiger partial charge in [-0.3, -0.25) is 43.7 Å². The summed E-state index contributed by atoms with van der Waals surface area (Å²) in [5, 5.41) is 20.8. The van der Waals surface area contributed by atoms with E-state index in [1.165, 1.54) is 47.0 Å². The van der Waals surface area contributed by atoms with Crippen LogP contribution in [0.4, 0.5) is 25.8 Å². The van der Waals surface area contributed by atoms with Gasteiger partial charge >= 0.3 is 5.97 Å². The molecule has 1 aliphatic rings. The molecular weight excluding hydrogens is 1120 g/mol. The number of fused-ring (bicyclic) bond motifs is 1. The summed E-state index contributed by atoms with van der Waals surface area (Å²) in [6.45, 7) is 2.11. The predicted octanol–water partition coefficient (Wildman–Crippen LogP) is 8.13. The minimum Gasteiger partial charge on any atom is -0.480 e. The van der Waals surface area contributed by atoms with E-state index in [1.54, 1.807) is 36.8 Å². The summed E-state index contributed by atoms with van der Waals surface area (Å²) in [6, 6.07) is 26.8. The third kappa shape index (κ3) is 16.3. The number of halogens is 2. The molecule has 1 aliphatic heterocycles. The third-order valence-corrected chi connectivity index (χ3v) is 16.1. The van der Waals surface area contributed by atoms with E-state index in [1.807, 2.05) is 80.6 Å². The lowest BCUT2D eigenvalue weighted by Crippen LogP contribution is -2.45. The van der Waals surface area contributed by atoms with Gasteiger partial charge in [0.2, 0.25) is 29.5 Å². The van der Waals surface area contributed by atoms with Crippen molar-refractivity contribution in [1.29, 1.82) is 5.26 Å². The lowest BCUT2D eigenvalue weighted by Gasteiger charge is -2.19. The Morgan fingerprint density at radius 1 is 0.774 bits per heavy atom. The number of benzene rings is 3. The van der Waals surface area contributed by atoms with Crippen molar-refractivity contribution in [3.05, 3.63) is 144 Å². The highest BCUT2D eigenvalue weighted by molar-refractivity contribution is 8.76. The van der Waals surface area contributed by atoms with Crippen molar-refractivity contribution in [2.75, 3.05) is 48.5 Å². The summed E-state index contributed by atoms with van der Waals surface area (Å²) in [4.78, 5) is 96.8. The van der Waals surface area contributed by atoms with E-state index in [0.29, 0.717) is 40.8 Å². The fourth-order valence-electron chi connectivity index (χ4n) is 9.00. The van der Waals surface area contributed by atoms with Crippen molar-refractivity contribution < 1.29 is 47.0 Å². The number of nitrogen functional groups attached to an aromatic ring is 2. The molecule has 8 N–H and O–H groups in total. The number of carbonyl (C=O) groups excluding carboxylic acids is 6. The number of esters is 1. The summed E-state index contributed by atoms with van der Waals surface area (Å²) in [5.41, 5.74) is 22.6. The van der Waals surface area contributed by atoms with E-state index >= 15 is 0 Å². The summed E-state index contributed by atoms with van der Waals surface area (Å²) in [7, 11) is 4.27. The summed E-state index contributed by atoms with van der Waals surface area (Å²) in [6.07, 6.45) is 5.78. The first kappa shape index (κ1) is 60.9. The maximum Gasteiger partial charge on any atom is 0.306 e. The Labute approximate surface area is 490 Å². The number of aromatic nitrogens is 4. The molecule has 0 bridgehead atoms. The lowest BCUT2D eigenvalue weighted by molar-refractivity contribution is -0.145. The minimum absolute atomic E-state index is 0.0184. The number of anilines is 3. The number of likely N-dealkylation sites (tertiary alicyclic amines) is 1. The summed E-state index contributed by atoms with van der Waals surface area (Å²) < 4.78 is 38.4. The number of carbonyl (C=O) groups is 6. The number of pyridine rings is 4. The highest BCUT2D eigenvalue weighted by Gasteiger charge is 2.47. The number of rotatable bonds is 24. The van der Waals surface area contributed by atoms with Crippen LogP contribution in [0.2, 0.25) is 0 Å². The van der Waals surface area contributed by atoms with E-state index in [2.05, 4.69) is 41.2 Å². The second-order valence-electron chi connectivity index (χ2n) is 19.8. The van der Waals surface area contributed by atoms with E-state index in [-0.39, 0.29) is 49.4 Å². The Morgan fingerprint density at radius 2 is 1.50 bits per heavy atom. The zero-order valence-electron chi connectivity index (χ0n) is 46.1. The second-order valence-corrected chi connectivity index (χ2v) is 22.4. The van der Waals surface area contributed by atoms with Gasteiger partial charge in [0, 0.05) is 95.4 Å². The fraction of sp³-hybridized carbons (Fsp3) is 0.283. The van der Waals surface area contributed by atoms with E-state index in [4.69, 9.17) is 20.9 Å². The monoisotopic (exact) mass is 1180 g/mol. The van der Waals surface area contributed by atoms with Crippen LogP contribution in [0.1, 0.15) is 65.0 Å². The number of methoxy groups -OCH3 is 1. The van der Waals surface area contributed by atoms with Crippen molar-refractivity contribution in [1.82, 2.24) is 40.8 Å². The number of alkyl halides is 2. The third-order valence-electron chi connectivity index (χ3n) is 13.6. The largest absolute Gasteiger partial charge is 0.480 e. The number of nitrogens with zero attached hydrogens (tertiary/aromatic N) is 6. The topological polar surface area (TPSA) is 300 Å². The van der Waals surface area contributed by atoms with Gasteiger partial charge in [0.25, 0.3) is 11.8 Å². The van der Waals surface area contributed by atoms with Crippen LogP contribution in [-0.2, 0) is 41.9 Å². The lowest BCUT2D eigenvalue weighted by atomic mass is 9.98. The van der Waals surface area contributed by atoms with Crippen molar-refractivity contribution in [2.45, 2.75) is 77.1 Å². The van der Waals surface area contributed by atoms with E-state index < -0.39 is 73.0 Å². The Balaban J connectivity index is 0.802. The van der Waals surface area contributed by atoms with Gasteiger partial charge < -0.3 is 47.1 Å². The van der Waals surface area contributed by atoms with Gasteiger partial charge in [0.1, 0.15) is 18.7 Å². The van der Waals surface area contributed by atoms with Crippen molar-refractivity contribution in [2.24, 2.45) is 0 Å². The highest BCUT2D eigenvalue weighted by atomic mass is 33.1. The highest BCUT2D eigenvalue weighted by Crippen LogP contribution is 2.34. The average Bonchev–Trinajstić information content (AvgIpc) is 4.00. The number of hydrogen-bond donors (Lipinski definition) is 6. The number of hydrogen-bond acceptors (Lipinski definition) is 17. The number of aryl methyl sites for hydroxylation is 2. The quantitative estimate of drug-likeness (QED) is 0.0144. The molecule has 84 heavy (non-hydrogen) atoms. The van der Waals surface area contributed by atoms with Crippen molar-refractivity contribution in [3.8, 4) is 45.3 Å². The molecule has 0 saturated carbocycles. The van der Waals surface area contributed by atoms with Gasteiger partial charge in [-0.2, -0.15) is 5.26 Å². The smallest absolute Gasteiger partial charge is 0.306 e. The molecule has 1 unspecified atom stereocenters. The molecular formula is C60H60F2N12O8S2. The number of amides is 5. The van der Waals surface area contributed by atoms with Crippen LogP contribution >= 0.6 is 21.6 Å². The van der Waals surface area contributed by atoms with E-state index in [0.717, 1.165) is 60.3 Å². The molecule has 20 nitrogen and oxygen atoms in total. The summed E-state index contributed by atoms with van der Waals surface area (Å²) in [5.74, 6) is -5.69. The maximum absolute atomic E-state index is 13.9. The van der Waals surface area contributed by atoms with Gasteiger partial charge in [0.15, 0.2) is 0 Å². The molecule has 7 aromatic rings. The average molecular weight is 1180 g/mol. The molecule has 3 aromatic carbocycles. The first-order valence-electron chi connectivity index (χ1n) is 26.5. The number of ether oxygens (including phenoxy) is 2. The molecule has 2 atom stereocenters. The minimum atomic E-state index is -3.20. The van der Waals surface area contributed by atoms with Gasteiger partial charge in [-0.25, -0.2) is 13.8 Å². The Morgan fingerprint density at radius 3 is 2.24 bits per heavy atom. The van der Waals surface area contributed by atoms with E-state index in [9.17, 15) is 42.8 Å². The SMILES string of the molecule is COc1ncc(-c2ccc3nccc(-c4ccc(COC(=O)CCCSSCC(NC(=O)CCC(=O)NCc5cc(C(=O)NCC(=O)N6CC(F)(F)C[C@H]6C#N)ccn5)C(=O)Nc5ccc(-c6ccc(N)c(C)c6)cc5C)nc4)c3c2)cc1N. The fourth-order valence-corrected chi connectivity index (χ4v) is 11.3. The maximum atomic E-state index is 13.9. The molecule has 0 spiro atoms. The molecule has 434 valence electrons. The van der Waals surface area contributed by atoms with Crippen molar-refractivity contribution >= 4 is 85.1 Å². The first-order valence-corrected chi connectivity index (χ1v) is 29.0. The van der Waals surface area contributed by atoms with Crippen LogP contribution in [0.15, 0.2) is 116 Å². The van der Waals surface area contributed by atoms with Crippen LogP contribution in [0, 0.1) is 25.2 Å². The van der Waals surface area contributed by atoms with Gasteiger partial charge in [0.05, 0.1) is 55.4 Å². The molecule has 5 amide bonds. The summed E-state index contributed by atoms with van der Waals surface area (Å²) >= 11 is 0. The van der Waals surface area contributed by atoms with Gasteiger partial charge in [-0.15, -0.1) is 0 Å². The number of nitriles is 1. The van der Waals surface area contributed by atoms with Crippen molar-refractivity contribution in [3.63, 3.8) is 0 Å². The normalized spacial score (nSPS) is 13.8. The first-order chi connectivity index (χ1) is 40.4. The number of nitrogens with one attached hydrogen (secondary N) is 4. The molecule has 0 aliphatic carbocycles. The molecule has 0 radical (unpaired) electrons. The standard InChI is InChI=1S/C60H60F2N12O8S2/c1-35-21-37(7-11-48(35)64)38-8-12-50(36(2)22-38)73-58(80)52(72-54(76)15-14-53(75)69-30-44-23-40(16-18-66-44)57(79)70-31-55(77)74-34-60(61,62)26-45(74)27-63)33-84-83-20-4-5-56(78)82-32-43-10-6-41(28-68-43)46-17-19-67-51-13-9-39(24-47(46)51)42-25-49(65)59(81-3)71-29-42/h6-13,16-19,21-25,28-29,45,52H,4-5,14-15,20,26,30-34,64-65H2,1-3H3,(H,69,75)(H,70,79)(H,72,76)(H,73,80)/t45-,52?/m0/s1.